The van der Waals surface area contributed by atoms with Crippen molar-refractivity contribution in [2.24, 2.45) is 0 Å². The van der Waals surface area contributed by atoms with Gasteiger partial charge in [0.05, 0.1) is 0 Å². The van der Waals surface area contributed by atoms with Crippen molar-refractivity contribution in [3.05, 3.63) is 0 Å². The standard InChI is InChI=1S/CH3ClIN/c1-4(2)3/h1H3. The molecule has 0 saturated carbocycles. The normalized spacial score (nSPS) is 9.00. The molecule has 0 aliphatic carbocycles. The minimum absolute atomic E-state index is 1.44. The molecule has 26 valence electrons. The molecule has 0 spiro atoms. The molecule has 0 unspecified atom stereocenters. The van der Waals surface area contributed by atoms with Crippen LogP contribution >= 0.6 is 34.6 Å². The Morgan fingerprint density at radius 3 is 2.00 bits per heavy atom. The second-order valence-electron chi connectivity index (χ2n) is 0.402. The maximum Gasteiger partial charge on any atom is 0.0367 e. The van der Waals surface area contributed by atoms with Gasteiger partial charge in [0.1, 0.15) is 0 Å². The molecule has 0 saturated heterocycles. The van der Waals surface area contributed by atoms with Crippen molar-refractivity contribution >= 4 is 34.6 Å². The topological polar surface area (TPSA) is 3.24 Å². The van der Waals surface area contributed by atoms with Crippen LogP contribution in [0.2, 0.25) is 0 Å². The lowest BCUT2D eigenvalue weighted by Crippen LogP contribution is -1.75. The average Bonchev–Trinajstić information content (AvgIpc) is 0.811. The molecule has 0 bridgehead atoms. The van der Waals surface area contributed by atoms with Crippen LogP contribution in [0.4, 0.5) is 0 Å². The van der Waals surface area contributed by atoms with Gasteiger partial charge < -0.3 is 0 Å². The molecular formula is CH3ClIN. The third-order valence-electron chi connectivity index (χ3n) is 0. The number of hydrogen-bond acceptors (Lipinski definition) is 1. The fourth-order valence-electron chi connectivity index (χ4n) is 0. The fraction of sp³-hybridized carbons (Fsp3) is 1.00. The van der Waals surface area contributed by atoms with E-state index in [0.717, 1.165) is 0 Å². The highest BCUT2D eigenvalue weighted by Crippen LogP contribution is 1.93. The monoisotopic (exact) mass is 191 g/mol. The molecule has 0 rings (SSSR count). The highest BCUT2D eigenvalue weighted by Gasteiger charge is 1.66. The van der Waals surface area contributed by atoms with Crippen molar-refractivity contribution in [1.82, 2.24) is 2.63 Å². The van der Waals surface area contributed by atoms with Crippen LogP contribution in [-0.4, -0.2) is 9.68 Å². The number of halogens is 2. The van der Waals surface area contributed by atoms with Crippen molar-refractivity contribution in [1.29, 1.82) is 0 Å². The van der Waals surface area contributed by atoms with Crippen LogP contribution in [0, 0.1) is 0 Å². The Morgan fingerprint density at radius 1 is 2.00 bits per heavy atom. The molecule has 0 aromatic heterocycles. The molecule has 0 aliphatic heterocycles. The van der Waals surface area contributed by atoms with Gasteiger partial charge in [0.15, 0.2) is 0 Å². The van der Waals surface area contributed by atoms with Gasteiger partial charge in [-0.15, -0.1) is 0 Å². The van der Waals surface area contributed by atoms with Gasteiger partial charge in [-0.05, 0) is 11.8 Å². The minimum Gasteiger partial charge on any atom is -0.163 e. The van der Waals surface area contributed by atoms with Gasteiger partial charge in [-0.2, -0.15) is 2.63 Å². The largest absolute Gasteiger partial charge is 0.163 e. The van der Waals surface area contributed by atoms with E-state index in [1.807, 2.05) is 22.9 Å². The minimum atomic E-state index is 1.44. The summed E-state index contributed by atoms with van der Waals surface area (Å²) in [6.45, 7) is 0. The van der Waals surface area contributed by atoms with E-state index >= 15 is 0 Å². The molecule has 4 heavy (non-hydrogen) atoms. The van der Waals surface area contributed by atoms with Crippen LogP contribution in [0.3, 0.4) is 0 Å². The highest BCUT2D eigenvalue weighted by molar-refractivity contribution is 14.1. The van der Waals surface area contributed by atoms with E-state index in [1.165, 1.54) is 2.63 Å². The van der Waals surface area contributed by atoms with Crippen molar-refractivity contribution in [3.63, 3.8) is 0 Å². The summed E-state index contributed by atoms with van der Waals surface area (Å²) in [5, 5.41) is 0. The molecule has 0 aliphatic rings. The zero-order valence-electron chi connectivity index (χ0n) is 2.20. The summed E-state index contributed by atoms with van der Waals surface area (Å²) in [5.41, 5.74) is 0. The van der Waals surface area contributed by atoms with Crippen LogP contribution in [0.1, 0.15) is 0 Å². The average molecular weight is 191 g/mol. The summed E-state index contributed by atoms with van der Waals surface area (Å²) in [6, 6.07) is 0. The van der Waals surface area contributed by atoms with E-state index in [4.69, 9.17) is 11.8 Å². The molecule has 1 nitrogen and oxygen atoms in total. The second kappa shape index (κ2) is 2.23. The van der Waals surface area contributed by atoms with Crippen LogP contribution < -0.4 is 0 Å². The zero-order chi connectivity index (χ0) is 3.58. The molecule has 0 heterocycles. The molecule has 3 heteroatoms. The Bertz CT molecular complexity index is 12.8. The smallest absolute Gasteiger partial charge is 0.0367 e. The van der Waals surface area contributed by atoms with E-state index in [2.05, 4.69) is 0 Å². The van der Waals surface area contributed by atoms with E-state index < -0.39 is 0 Å². The van der Waals surface area contributed by atoms with Gasteiger partial charge in [0, 0.05) is 29.9 Å². The van der Waals surface area contributed by atoms with Crippen molar-refractivity contribution in [2.45, 2.75) is 0 Å². The molecule has 0 N–H and O–H groups in total. The van der Waals surface area contributed by atoms with Gasteiger partial charge in [0.2, 0.25) is 0 Å². The molecule has 0 fully saturated rings. The summed E-state index contributed by atoms with van der Waals surface area (Å²) in [5.74, 6) is 0. The summed E-state index contributed by atoms with van der Waals surface area (Å²) >= 11 is 7.04. The number of rotatable bonds is 0. The Kier molecular flexibility index (Phi) is 2.78. The first-order valence-corrected chi connectivity index (χ1v) is 2.09. The van der Waals surface area contributed by atoms with Gasteiger partial charge in [-0.25, -0.2) is 0 Å². The summed E-state index contributed by atoms with van der Waals surface area (Å²) in [6.07, 6.45) is 0. The lowest BCUT2D eigenvalue weighted by molar-refractivity contribution is 0.990. The van der Waals surface area contributed by atoms with Gasteiger partial charge in [0.25, 0.3) is 0 Å². The van der Waals surface area contributed by atoms with Gasteiger partial charge >= 0.3 is 0 Å². The summed E-state index contributed by atoms with van der Waals surface area (Å²) in [4.78, 5) is 0. The fourth-order valence-corrected chi connectivity index (χ4v) is 0. The molecule has 0 amide bonds. The Labute approximate surface area is 44.5 Å². The zero-order valence-corrected chi connectivity index (χ0v) is 5.12. The predicted octanol–water partition coefficient (Wildman–Crippen LogP) is 1.42. The van der Waals surface area contributed by atoms with Gasteiger partial charge in [-0.1, -0.05) is 0 Å². The number of hydrogen-bond donors (Lipinski definition) is 0. The molecule has 0 aromatic carbocycles. The highest BCUT2D eigenvalue weighted by atomic mass is 127. The van der Waals surface area contributed by atoms with Crippen molar-refractivity contribution in [2.75, 3.05) is 7.05 Å². The van der Waals surface area contributed by atoms with Crippen molar-refractivity contribution < 1.29 is 0 Å². The number of nitrogens with zero attached hydrogens (tertiary/aromatic N) is 1. The first kappa shape index (κ1) is 4.98. The van der Waals surface area contributed by atoms with Crippen LogP contribution in [0.15, 0.2) is 0 Å². The van der Waals surface area contributed by atoms with E-state index in [-0.39, 0.29) is 0 Å². The Balaban J connectivity index is 2.32. The summed E-state index contributed by atoms with van der Waals surface area (Å²) in [7, 11) is 1.75. The quantitative estimate of drug-likeness (QED) is 0.413. The lowest BCUT2D eigenvalue weighted by Gasteiger charge is -1.81. The first-order valence-electron chi connectivity index (χ1n) is 0.785. The molecular weight excluding hydrogens is 188 g/mol. The lowest BCUT2D eigenvalue weighted by atomic mass is 11.6. The third-order valence-corrected chi connectivity index (χ3v) is 0. The molecule has 0 aromatic rings. The second-order valence-corrected chi connectivity index (χ2v) is 2.93. The molecule has 0 radical (unpaired) electrons. The first-order chi connectivity index (χ1) is 1.73. The Morgan fingerprint density at radius 2 is 2.00 bits per heavy atom. The van der Waals surface area contributed by atoms with Crippen LogP contribution in [0.5, 0.6) is 0 Å². The van der Waals surface area contributed by atoms with E-state index in [0.29, 0.717) is 0 Å². The summed E-state index contributed by atoms with van der Waals surface area (Å²) < 4.78 is 1.44. The SMILES string of the molecule is CN(Cl)I. The maximum absolute atomic E-state index is 5.09. The molecule has 0 atom stereocenters. The Hall–Kier alpha value is 0.980. The van der Waals surface area contributed by atoms with Crippen molar-refractivity contribution in [3.8, 4) is 0 Å². The maximum atomic E-state index is 5.09. The van der Waals surface area contributed by atoms with E-state index in [1.54, 1.807) is 7.05 Å². The van der Waals surface area contributed by atoms with Gasteiger partial charge in [-0.3, -0.25) is 0 Å². The predicted molar refractivity (Wildman–Crippen MR) is 27.6 cm³/mol. The van der Waals surface area contributed by atoms with Crippen LogP contribution in [0.25, 0.3) is 0 Å². The van der Waals surface area contributed by atoms with Crippen LogP contribution in [-0.2, 0) is 0 Å². The van der Waals surface area contributed by atoms with E-state index in [9.17, 15) is 0 Å². The third kappa shape index (κ3) is 12.2.